The minimum Gasteiger partial charge on any atom is -0.465 e. The monoisotopic (exact) mass is 287 g/mol. The lowest BCUT2D eigenvalue weighted by atomic mass is 9.88. The summed E-state index contributed by atoms with van der Waals surface area (Å²) in [4.78, 5) is 11.6. The molecular formula is C14H16F3NO2. The van der Waals surface area contributed by atoms with Crippen molar-refractivity contribution in [3.05, 3.63) is 34.9 Å². The zero-order valence-electron chi connectivity index (χ0n) is 11.1. The maximum absolute atomic E-state index is 12.9. The van der Waals surface area contributed by atoms with E-state index < -0.39 is 23.3 Å². The van der Waals surface area contributed by atoms with Gasteiger partial charge in [-0.15, -0.1) is 0 Å². The van der Waals surface area contributed by atoms with Crippen molar-refractivity contribution in [2.24, 2.45) is 0 Å². The fourth-order valence-corrected chi connectivity index (χ4v) is 2.50. The van der Waals surface area contributed by atoms with Crippen LogP contribution in [0.15, 0.2) is 18.2 Å². The van der Waals surface area contributed by atoms with Gasteiger partial charge >= 0.3 is 12.1 Å². The molecule has 0 bridgehead atoms. The molecule has 0 amide bonds. The highest BCUT2D eigenvalue weighted by molar-refractivity contribution is 5.91. The molecule has 1 N–H and O–H groups in total. The molecule has 0 spiro atoms. The average Bonchev–Trinajstić information content (AvgIpc) is 2.45. The van der Waals surface area contributed by atoms with Crippen LogP contribution < -0.4 is 5.32 Å². The molecule has 0 radical (unpaired) electrons. The van der Waals surface area contributed by atoms with Crippen molar-refractivity contribution < 1.29 is 22.7 Å². The molecule has 2 rings (SSSR count). The van der Waals surface area contributed by atoms with E-state index in [0.29, 0.717) is 0 Å². The first-order valence-electron chi connectivity index (χ1n) is 6.43. The van der Waals surface area contributed by atoms with E-state index in [0.717, 1.165) is 44.7 Å². The van der Waals surface area contributed by atoms with Crippen molar-refractivity contribution in [1.82, 2.24) is 5.32 Å². The highest BCUT2D eigenvalue weighted by atomic mass is 19.4. The minimum atomic E-state index is -4.56. The lowest BCUT2D eigenvalue weighted by molar-refractivity contribution is -0.138. The number of piperidine rings is 1. The molecule has 110 valence electrons. The predicted molar refractivity (Wildman–Crippen MR) is 67.6 cm³/mol. The van der Waals surface area contributed by atoms with Crippen LogP contribution in [0.5, 0.6) is 0 Å². The quantitative estimate of drug-likeness (QED) is 0.850. The molecule has 0 saturated carbocycles. The van der Waals surface area contributed by atoms with Gasteiger partial charge in [0.2, 0.25) is 0 Å². The van der Waals surface area contributed by atoms with Crippen molar-refractivity contribution in [2.75, 3.05) is 20.2 Å². The third-order valence-electron chi connectivity index (χ3n) is 3.56. The number of hydrogen-bond acceptors (Lipinski definition) is 3. The van der Waals surface area contributed by atoms with Gasteiger partial charge in [0, 0.05) is 0 Å². The number of ether oxygens (including phenoxy) is 1. The van der Waals surface area contributed by atoms with E-state index in [9.17, 15) is 18.0 Å². The van der Waals surface area contributed by atoms with E-state index in [4.69, 9.17) is 0 Å². The van der Waals surface area contributed by atoms with Crippen LogP contribution in [0, 0.1) is 0 Å². The third kappa shape index (κ3) is 3.12. The average molecular weight is 287 g/mol. The van der Waals surface area contributed by atoms with Crippen LogP contribution >= 0.6 is 0 Å². The van der Waals surface area contributed by atoms with Gasteiger partial charge in [-0.1, -0.05) is 6.07 Å². The summed E-state index contributed by atoms with van der Waals surface area (Å²) in [6.07, 6.45) is -2.85. The molecule has 0 aliphatic carbocycles. The van der Waals surface area contributed by atoms with Gasteiger partial charge in [-0.25, -0.2) is 4.79 Å². The second kappa shape index (κ2) is 5.83. The number of esters is 1. The summed E-state index contributed by atoms with van der Waals surface area (Å²) in [7, 11) is 1.08. The summed E-state index contributed by atoms with van der Waals surface area (Å²) in [5.74, 6) is -0.768. The maximum Gasteiger partial charge on any atom is 0.417 e. The van der Waals surface area contributed by atoms with E-state index in [1.165, 1.54) is 12.1 Å². The van der Waals surface area contributed by atoms with E-state index in [2.05, 4.69) is 10.1 Å². The number of nitrogens with one attached hydrogen (secondary N) is 1. The summed E-state index contributed by atoms with van der Waals surface area (Å²) in [5, 5.41) is 3.20. The molecule has 0 atom stereocenters. The molecule has 20 heavy (non-hydrogen) atoms. The molecule has 0 aromatic heterocycles. The third-order valence-corrected chi connectivity index (χ3v) is 3.56. The van der Waals surface area contributed by atoms with Crippen molar-refractivity contribution in [2.45, 2.75) is 24.9 Å². The van der Waals surface area contributed by atoms with Crippen LogP contribution in [0.25, 0.3) is 0 Å². The maximum atomic E-state index is 12.9. The number of benzene rings is 1. The Balaban J connectivity index is 2.40. The molecule has 1 saturated heterocycles. The van der Waals surface area contributed by atoms with Crippen LogP contribution in [0.1, 0.15) is 40.2 Å². The first-order chi connectivity index (χ1) is 9.43. The molecule has 3 nitrogen and oxygen atoms in total. The number of carbonyl (C=O) groups is 1. The van der Waals surface area contributed by atoms with Crippen LogP contribution in [0.2, 0.25) is 0 Å². The van der Waals surface area contributed by atoms with E-state index in [1.54, 1.807) is 0 Å². The van der Waals surface area contributed by atoms with Gasteiger partial charge < -0.3 is 10.1 Å². The molecule has 6 heteroatoms. The fourth-order valence-electron chi connectivity index (χ4n) is 2.50. The number of alkyl halides is 3. The van der Waals surface area contributed by atoms with E-state index in [1.807, 2.05) is 0 Å². The van der Waals surface area contributed by atoms with Crippen molar-refractivity contribution in [1.29, 1.82) is 0 Å². The largest absolute Gasteiger partial charge is 0.465 e. The molecule has 1 aliphatic heterocycles. The SMILES string of the molecule is COC(=O)c1cc(C2CCNCC2)ccc1C(F)(F)F. The number of carbonyl (C=O) groups excluding carboxylic acids is 1. The fraction of sp³-hybridized carbons (Fsp3) is 0.500. The Labute approximate surface area is 115 Å². The van der Waals surface area contributed by atoms with E-state index >= 15 is 0 Å². The van der Waals surface area contributed by atoms with Crippen LogP contribution in [0.4, 0.5) is 13.2 Å². The van der Waals surface area contributed by atoms with Gasteiger partial charge in [-0.05, 0) is 49.5 Å². The number of halogens is 3. The van der Waals surface area contributed by atoms with Crippen molar-refractivity contribution in [3.63, 3.8) is 0 Å². The van der Waals surface area contributed by atoms with Crippen LogP contribution in [-0.2, 0) is 10.9 Å². The van der Waals surface area contributed by atoms with Gasteiger partial charge in [0.15, 0.2) is 0 Å². The molecule has 1 aromatic rings. The van der Waals surface area contributed by atoms with Crippen LogP contribution in [-0.4, -0.2) is 26.2 Å². The summed E-state index contributed by atoms with van der Waals surface area (Å²) in [6, 6.07) is 3.76. The molecule has 1 aromatic carbocycles. The minimum absolute atomic E-state index is 0.182. The number of methoxy groups -OCH3 is 1. The summed E-state index contributed by atoms with van der Waals surface area (Å²) in [5.41, 5.74) is -0.585. The Kier molecular flexibility index (Phi) is 4.32. The lowest BCUT2D eigenvalue weighted by Gasteiger charge is -2.24. The Morgan fingerprint density at radius 2 is 1.95 bits per heavy atom. The highest BCUT2D eigenvalue weighted by Crippen LogP contribution is 2.35. The van der Waals surface area contributed by atoms with Crippen LogP contribution in [0.3, 0.4) is 0 Å². The zero-order chi connectivity index (χ0) is 14.8. The second-order valence-corrected chi connectivity index (χ2v) is 4.82. The normalized spacial score (nSPS) is 17.0. The van der Waals surface area contributed by atoms with Gasteiger partial charge in [0.05, 0.1) is 18.2 Å². The van der Waals surface area contributed by atoms with Gasteiger partial charge in [0.1, 0.15) is 0 Å². The molecule has 1 aliphatic rings. The number of hydrogen-bond donors (Lipinski definition) is 1. The topological polar surface area (TPSA) is 38.3 Å². The summed E-state index contributed by atoms with van der Waals surface area (Å²) in [6.45, 7) is 1.67. The first kappa shape index (κ1) is 14.8. The first-order valence-corrected chi connectivity index (χ1v) is 6.43. The smallest absolute Gasteiger partial charge is 0.417 e. The summed E-state index contributed by atoms with van der Waals surface area (Å²) >= 11 is 0. The zero-order valence-corrected chi connectivity index (χ0v) is 11.1. The summed E-state index contributed by atoms with van der Waals surface area (Å²) < 4.78 is 43.2. The molecular weight excluding hydrogens is 271 g/mol. The van der Waals surface area contributed by atoms with Gasteiger partial charge in [-0.2, -0.15) is 13.2 Å². The predicted octanol–water partition coefficient (Wildman–Crippen LogP) is 2.96. The molecule has 1 heterocycles. The standard InChI is InChI=1S/C14H16F3NO2/c1-20-13(19)11-8-10(9-4-6-18-7-5-9)2-3-12(11)14(15,16)17/h2-3,8-9,18H,4-7H2,1H3. The highest BCUT2D eigenvalue weighted by Gasteiger charge is 2.36. The van der Waals surface area contributed by atoms with E-state index in [-0.39, 0.29) is 5.92 Å². The Bertz CT molecular complexity index is 494. The Morgan fingerprint density at radius 3 is 2.50 bits per heavy atom. The number of rotatable bonds is 2. The molecule has 0 unspecified atom stereocenters. The lowest BCUT2D eigenvalue weighted by Crippen LogP contribution is -2.27. The second-order valence-electron chi connectivity index (χ2n) is 4.82. The van der Waals surface area contributed by atoms with Gasteiger partial charge in [0.25, 0.3) is 0 Å². The Morgan fingerprint density at radius 1 is 1.30 bits per heavy atom. The Hall–Kier alpha value is -1.56. The van der Waals surface area contributed by atoms with Gasteiger partial charge in [-0.3, -0.25) is 0 Å². The van der Waals surface area contributed by atoms with Crippen molar-refractivity contribution >= 4 is 5.97 Å². The molecule has 1 fully saturated rings. The van der Waals surface area contributed by atoms with Crippen molar-refractivity contribution in [3.8, 4) is 0 Å².